The van der Waals surface area contributed by atoms with Gasteiger partial charge in [-0.1, -0.05) is 24.8 Å². The molecule has 1 amide bonds. The van der Waals surface area contributed by atoms with Gasteiger partial charge in [0.05, 0.1) is 16.0 Å². The monoisotopic (exact) mass is 479 g/mol. The molecule has 3 aromatic heterocycles. The van der Waals surface area contributed by atoms with E-state index in [0.29, 0.717) is 35.5 Å². The van der Waals surface area contributed by atoms with E-state index >= 15 is 0 Å². The fourth-order valence-electron chi connectivity index (χ4n) is 4.67. The Bertz CT molecular complexity index is 1680. The molecule has 0 saturated carbocycles. The summed E-state index contributed by atoms with van der Waals surface area (Å²) in [5.41, 5.74) is 13.2. The largest absolute Gasteiger partial charge is 0.398 e. The van der Waals surface area contributed by atoms with E-state index in [0.717, 1.165) is 38.2 Å². The number of benzene rings is 2. The fourth-order valence-corrected chi connectivity index (χ4v) is 5.40. The number of nitrogens with zero attached hydrogens (tertiary/aromatic N) is 2. The number of hydrogen-bond acceptors (Lipinski definition) is 5. The number of rotatable bonds is 5. The molecule has 1 aliphatic rings. The topological polar surface area (TPSA) is 108 Å². The number of amides is 1. The van der Waals surface area contributed by atoms with Gasteiger partial charge in [0.1, 0.15) is 5.69 Å². The van der Waals surface area contributed by atoms with Crippen LogP contribution in [0.3, 0.4) is 0 Å². The quantitative estimate of drug-likeness (QED) is 0.312. The van der Waals surface area contributed by atoms with E-state index in [1.807, 2.05) is 29.6 Å². The summed E-state index contributed by atoms with van der Waals surface area (Å²) in [5, 5.41) is 10.7. The molecular formula is C27H21N5O2S. The maximum absolute atomic E-state index is 13.3. The van der Waals surface area contributed by atoms with Crippen molar-refractivity contribution in [3.8, 4) is 21.7 Å². The minimum absolute atomic E-state index is 0.131. The molecule has 0 fully saturated rings. The molecule has 8 heteroatoms. The average Bonchev–Trinajstić information content (AvgIpc) is 3.59. The highest BCUT2D eigenvalue weighted by Crippen LogP contribution is 2.39. The van der Waals surface area contributed by atoms with Crippen LogP contribution < -0.4 is 11.3 Å². The van der Waals surface area contributed by atoms with Crippen LogP contribution in [0.5, 0.6) is 0 Å². The summed E-state index contributed by atoms with van der Waals surface area (Å²) in [6, 6.07) is 17.3. The van der Waals surface area contributed by atoms with Gasteiger partial charge in [0.25, 0.3) is 5.91 Å². The van der Waals surface area contributed by atoms with Crippen molar-refractivity contribution in [2.24, 2.45) is 0 Å². The van der Waals surface area contributed by atoms with Crippen molar-refractivity contribution in [3.05, 3.63) is 99.8 Å². The third-order valence-electron chi connectivity index (χ3n) is 6.39. The Morgan fingerprint density at radius 3 is 2.83 bits per heavy atom. The number of anilines is 1. The number of thiophene rings is 1. The highest BCUT2D eigenvalue weighted by atomic mass is 32.1. The summed E-state index contributed by atoms with van der Waals surface area (Å²) in [5.74, 6) is -0.131. The highest BCUT2D eigenvalue weighted by Gasteiger charge is 2.32. The maximum Gasteiger partial charge on any atom is 0.256 e. The molecule has 4 heterocycles. The Morgan fingerprint density at radius 2 is 2.03 bits per heavy atom. The van der Waals surface area contributed by atoms with Crippen molar-refractivity contribution < 1.29 is 4.79 Å². The van der Waals surface area contributed by atoms with Crippen molar-refractivity contribution in [1.29, 1.82) is 0 Å². The first-order chi connectivity index (χ1) is 17.0. The van der Waals surface area contributed by atoms with Crippen LogP contribution in [0.1, 0.15) is 21.5 Å². The normalized spacial score (nSPS) is 12.9. The second-order valence-electron chi connectivity index (χ2n) is 8.57. The maximum atomic E-state index is 13.3. The van der Waals surface area contributed by atoms with Crippen LogP contribution in [0.2, 0.25) is 0 Å². The van der Waals surface area contributed by atoms with E-state index < -0.39 is 0 Å². The van der Waals surface area contributed by atoms with Gasteiger partial charge in [0, 0.05) is 36.4 Å². The molecule has 2 aromatic carbocycles. The first-order valence-electron chi connectivity index (χ1n) is 11.1. The lowest BCUT2D eigenvalue weighted by atomic mass is 9.94. The van der Waals surface area contributed by atoms with Crippen molar-refractivity contribution in [3.63, 3.8) is 0 Å². The van der Waals surface area contributed by atoms with Crippen LogP contribution in [0.15, 0.2) is 77.5 Å². The first-order valence-corrected chi connectivity index (χ1v) is 12.0. The Labute approximate surface area is 204 Å². The lowest BCUT2D eigenvalue weighted by Crippen LogP contribution is -2.26. The van der Waals surface area contributed by atoms with Crippen LogP contribution in [0.25, 0.3) is 38.2 Å². The van der Waals surface area contributed by atoms with Crippen LogP contribution in [0, 0.1) is 0 Å². The van der Waals surface area contributed by atoms with E-state index in [4.69, 9.17) is 5.73 Å². The number of carbonyl (C=O) groups is 1. The lowest BCUT2D eigenvalue weighted by Gasteiger charge is -2.17. The Hall–Kier alpha value is -4.43. The standard InChI is InChI=1S/C27H21N5O2S/c1-15(16-8-9-29-24(33)12-16)13-32-14-20-18(5-6-21(28)25(20)27(32)34)17-4-7-22-19(11-17)26(31-30-22)23-3-2-10-35-23/h2-12H,1,13-14,28H2,(H,29,33)(H,30,31). The number of nitrogens with two attached hydrogens (primary N) is 1. The van der Waals surface area contributed by atoms with Crippen LogP contribution in [0.4, 0.5) is 5.69 Å². The molecule has 0 saturated heterocycles. The minimum atomic E-state index is -0.206. The number of pyridine rings is 1. The zero-order valence-electron chi connectivity index (χ0n) is 18.7. The predicted molar refractivity (Wildman–Crippen MR) is 140 cm³/mol. The van der Waals surface area contributed by atoms with Crippen LogP contribution in [-0.2, 0) is 6.54 Å². The molecule has 172 valence electrons. The SMILES string of the molecule is C=C(CN1Cc2c(-c3ccc4[nH]nc(-c5cccs5)c4c3)ccc(N)c2C1=O)c1cc[nH]c(=O)c1. The van der Waals surface area contributed by atoms with Crippen LogP contribution in [-0.4, -0.2) is 32.5 Å². The molecule has 6 rings (SSSR count). The van der Waals surface area contributed by atoms with E-state index in [2.05, 4.69) is 33.9 Å². The van der Waals surface area contributed by atoms with Gasteiger partial charge in [-0.05, 0) is 63.5 Å². The van der Waals surface area contributed by atoms with Crippen molar-refractivity contribution in [2.75, 3.05) is 12.3 Å². The number of nitrogen functional groups attached to an aromatic ring is 1. The number of carbonyl (C=O) groups excluding carboxylic acids is 1. The Kier molecular flexibility index (Phi) is 4.89. The molecular weight excluding hydrogens is 458 g/mol. The molecule has 7 nitrogen and oxygen atoms in total. The molecule has 0 atom stereocenters. The molecule has 0 bridgehead atoms. The summed E-state index contributed by atoms with van der Waals surface area (Å²) in [7, 11) is 0. The zero-order chi connectivity index (χ0) is 24.1. The molecule has 0 spiro atoms. The van der Waals surface area contributed by atoms with Gasteiger partial charge < -0.3 is 15.6 Å². The summed E-state index contributed by atoms with van der Waals surface area (Å²) < 4.78 is 0. The second-order valence-corrected chi connectivity index (χ2v) is 9.52. The number of H-pyrrole nitrogens is 2. The third kappa shape index (κ3) is 3.55. The number of nitrogens with one attached hydrogen (secondary N) is 2. The molecule has 0 unspecified atom stereocenters. The first kappa shape index (κ1) is 21.1. The molecule has 0 aliphatic carbocycles. The molecule has 5 aromatic rings. The van der Waals surface area contributed by atoms with Gasteiger partial charge in [0.2, 0.25) is 5.56 Å². The lowest BCUT2D eigenvalue weighted by molar-refractivity contribution is 0.0800. The Balaban J connectivity index is 1.38. The summed E-state index contributed by atoms with van der Waals surface area (Å²) in [6.07, 6.45) is 1.58. The van der Waals surface area contributed by atoms with Gasteiger partial charge in [-0.25, -0.2) is 0 Å². The van der Waals surface area contributed by atoms with Crippen molar-refractivity contribution >= 4 is 39.4 Å². The summed E-state index contributed by atoms with van der Waals surface area (Å²) >= 11 is 1.64. The smallest absolute Gasteiger partial charge is 0.256 e. The van der Waals surface area contributed by atoms with E-state index in [1.165, 1.54) is 6.07 Å². The molecule has 4 N–H and O–H groups in total. The van der Waals surface area contributed by atoms with E-state index in [9.17, 15) is 9.59 Å². The number of hydrogen-bond donors (Lipinski definition) is 3. The molecule has 1 aliphatic heterocycles. The Morgan fingerprint density at radius 1 is 1.14 bits per heavy atom. The van der Waals surface area contributed by atoms with Crippen molar-refractivity contribution in [2.45, 2.75) is 6.54 Å². The molecule has 0 radical (unpaired) electrons. The summed E-state index contributed by atoms with van der Waals surface area (Å²) in [6.45, 7) is 4.82. The van der Waals surface area contributed by atoms with Crippen molar-refractivity contribution in [1.82, 2.24) is 20.1 Å². The number of aromatic amines is 2. The number of fused-ring (bicyclic) bond motifs is 2. The average molecular weight is 480 g/mol. The van der Waals surface area contributed by atoms with Gasteiger partial charge in [0.15, 0.2) is 0 Å². The predicted octanol–water partition coefficient (Wildman–Crippen LogP) is 4.90. The highest BCUT2D eigenvalue weighted by molar-refractivity contribution is 7.13. The zero-order valence-corrected chi connectivity index (χ0v) is 19.5. The summed E-state index contributed by atoms with van der Waals surface area (Å²) in [4.78, 5) is 30.4. The van der Waals surface area contributed by atoms with E-state index in [1.54, 1.807) is 34.6 Å². The minimum Gasteiger partial charge on any atom is -0.398 e. The fraction of sp³-hybridized carbons (Fsp3) is 0.0741. The van der Waals surface area contributed by atoms with Gasteiger partial charge >= 0.3 is 0 Å². The molecule has 35 heavy (non-hydrogen) atoms. The van der Waals surface area contributed by atoms with Gasteiger partial charge in [-0.3, -0.25) is 14.7 Å². The number of aromatic nitrogens is 3. The van der Waals surface area contributed by atoms with Crippen LogP contribution >= 0.6 is 11.3 Å². The van der Waals surface area contributed by atoms with Gasteiger partial charge in [-0.15, -0.1) is 11.3 Å². The van der Waals surface area contributed by atoms with Gasteiger partial charge in [-0.2, -0.15) is 5.10 Å². The third-order valence-corrected chi connectivity index (χ3v) is 7.27. The van der Waals surface area contributed by atoms with E-state index in [-0.39, 0.29) is 11.5 Å². The second kappa shape index (κ2) is 8.11.